The number of benzene rings is 2. The van der Waals surface area contributed by atoms with Gasteiger partial charge in [-0.3, -0.25) is 13.9 Å². The van der Waals surface area contributed by atoms with E-state index >= 15 is 0 Å². The first kappa shape index (κ1) is 30.4. The van der Waals surface area contributed by atoms with Crippen LogP contribution in [0, 0.1) is 26.7 Å². The number of nitrogens with one attached hydrogen (secondary N) is 1. The molecule has 0 aromatic heterocycles. The summed E-state index contributed by atoms with van der Waals surface area (Å²) in [5, 5.41) is 2.97. The average molecular weight is 530 g/mol. The summed E-state index contributed by atoms with van der Waals surface area (Å²) >= 11 is 0. The predicted octanol–water partition coefficient (Wildman–Crippen LogP) is 4.74. The Bertz CT molecular complexity index is 1180. The van der Waals surface area contributed by atoms with E-state index in [-0.39, 0.29) is 24.8 Å². The van der Waals surface area contributed by atoms with Crippen LogP contribution in [0.2, 0.25) is 0 Å². The van der Waals surface area contributed by atoms with Gasteiger partial charge in [0.05, 0.1) is 11.9 Å². The molecule has 2 aromatic rings. The van der Waals surface area contributed by atoms with E-state index < -0.39 is 16.1 Å². The Balaban J connectivity index is 2.24. The first-order valence-corrected chi connectivity index (χ1v) is 14.9. The number of sulfonamides is 1. The van der Waals surface area contributed by atoms with Crippen LogP contribution in [0.5, 0.6) is 0 Å². The standard InChI is InChI=1S/C29H43N3O4S/c1-8-26(29(34)30-19-21(2)3)31(20-25-12-9-11-22(4)17-25)28(33)13-10-16-32(37(7,35)36)27-18-23(5)14-15-24(27)6/h9,11-12,14-15,17-18,21,26H,8,10,13,16,19-20H2,1-7H3,(H,30,34)/t26-/m0/s1. The van der Waals surface area contributed by atoms with Crippen LogP contribution in [0.4, 0.5) is 5.69 Å². The number of carbonyl (C=O) groups excluding carboxylic acids is 2. The molecule has 204 valence electrons. The summed E-state index contributed by atoms with van der Waals surface area (Å²) in [5.41, 5.74) is 4.49. The molecule has 2 amide bonds. The van der Waals surface area contributed by atoms with Crippen molar-refractivity contribution in [2.24, 2.45) is 5.92 Å². The summed E-state index contributed by atoms with van der Waals surface area (Å²) in [7, 11) is -3.53. The maximum absolute atomic E-state index is 13.5. The van der Waals surface area contributed by atoms with Gasteiger partial charge in [0.15, 0.2) is 0 Å². The van der Waals surface area contributed by atoms with Crippen molar-refractivity contribution in [3.8, 4) is 0 Å². The van der Waals surface area contributed by atoms with Crippen molar-refractivity contribution in [1.29, 1.82) is 0 Å². The zero-order valence-corrected chi connectivity index (χ0v) is 24.2. The molecule has 0 radical (unpaired) electrons. The minimum atomic E-state index is -3.53. The minimum absolute atomic E-state index is 0.136. The number of amides is 2. The number of rotatable bonds is 13. The maximum atomic E-state index is 13.5. The van der Waals surface area contributed by atoms with Crippen LogP contribution >= 0.6 is 0 Å². The molecule has 1 atom stereocenters. The van der Waals surface area contributed by atoms with Crippen molar-refractivity contribution >= 4 is 27.5 Å². The van der Waals surface area contributed by atoms with Crippen molar-refractivity contribution in [3.63, 3.8) is 0 Å². The Kier molecular flexibility index (Phi) is 11.2. The summed E-state index contributed by atoms with van der Waals surface area (Å²) in [6.07, 6.45) is 2.15. The smallest absolute Gasteiger partial charge is 0.242 e. The van der Waals surface area contributed by atoms with Crippen molar-refractivity contribution in [2.75, 3.05) is 23.7 Å². The van der Waals surface area contributed by atoms with E-state index in [2.05, 4.69) is 5.32 Å². The molecule has 0 bridgehead atoms. The van der Waals surface area contributed by atoms with Crippen molar-refractivity contribution in [3.05, 3.63) is 64.7 Å². The molecule has 2 rings (SSSR count). The van der Waals surface area contributed by atoms with E-state index in [4.69, 9.17) is 0 Å². The van der Waals surface area contributed by atoms with Crippen molar-refractivity contribution < 1.29 is 18.0 Å². The second-order valence-electron chi connectivity index (χ2n) is 10.3. The zero-order chi connectivity index (χ0) is 27.8. The van der Waals surface area contributed by atoms with Crippen LogP contribution in [0.25, 0.3) is 0 Å². The molecule has 0 saturated carbocycles. The molecule has 7 nitrogen and oxygen atoms in total. The number of aryl methyl sites for hydroxylation is 3. The highest BCUT2D eigenvalue weighted by Gasteiger charge is 2.29. The van der Waals surface area contributed by atoms with Gasteiger partial charge in [-0.2, -0.15) is 0 Å². The van der Waals surface area contributed by atoms with Gasteiger partial charge in [-0.25, -0.2) is 8.42 Å². The number of anilines is 1. The fourth-order valence-electron chi connectivity index (χ4n) is 4.32. The molecule has 37 heavy (non-hydrogen) atoms. The van der Waals surface area contributed by atoms with Gasteiger partial charge in [0, 0.05) is 26.1 Å². The van der Waals surface area contributed by atoms with E-state index in [1.165, 1.54) is 10.6 Å². The van der Waals surface area contributed by atoms with Gasteiger partial charge in [-0.05, 0) is 62.3 Å². The van der Waals surface area contributed by atoms with Crippen LogP contribution in [0.15, 0.2) is 42.5 Å². The molecule has 8 heteroatoms. The molecule has 0 aliphatic carbocycles. The zero-order valence-electron chi connectivity index (χ0n) is 23.4. The second kappa shape index (κ2) is 13.6. The first-order valence-electron chi connectivity index (χ1n) is 13.0. The van der Waals surface area contributed by atoms with E-state index in [0.717, 1.165) is 22.3 Å². The van der Waals surface area contributed by atoms with Crippen LogP contribution in [-0.2, 0) is 26.2 Å². The fourth-order valence-corrected chi connectivity index (χ4v) is 5.33. The van der Waals surface area contributed by atoms with Crippen LogP contribution < -0.4 is 9.62 Å². The van der Waals surface area contributed by atoms with Gasteiger partial charge >= 0.3 is 0 Å². The lowest BCUT2D eigenvalue weighted by molar-refractivity contribution is -0.141. The molecule has 0 aliphatic heterocycles. The quantitative estimate of drug-likeness (QED) is 0.406. The van der Waals surface area contributed by atoms with Crippen molar-refractivity contribution in [2.45, 2.75) is 73.4 Å². The highest BCUT2D eigenvalue weighted by Crippen LogP contribution is 2.25. The summed E-state index contributed by atoms with van der Waals surface area (Å²) in [6, 6.07) is 13.0. The van der Waals surface area contributed by atoms with Gasteiger partial charge in [0.2, 0.25) is 21.8 Å². The minimum Gasteiger partial charge on any atom is -0.354 e. The third-order valence-corrected chi connectivity index (χ3v) is 7.47. The molecule has 0 aliphatic rings. The summed E-state index contributed by atoms with van der Waals surface area (Å²) in [6.45, 7) is 12.8. The number of carbonyl (C=O) groups is 2. The Morgan fingerprint density at radius 2 is 1.68 bits per heavy atom. The highest BCUT2D eigenvalue weighted by atomic mass is 32.2. The van der Waals surface area contributed by atoms with Gasteiger partial charge in [-0.1, -0.05) is 62.7 Å². The number of hydrogen-bond donors (Lipinski definition) is 1. The number of nitrogens with zero attached hydrogens (tertiary/aromatic N) is 2. The third-order valence-electron chi connectivity index (χ3n) is 6.29. The average Bonchev–Trinajstić information content (AvgIpc) is 2.81. The van der Waals surface area contributed by atoms with Crippen LogP contribution in [0.3, 0.4) is 0 Å². The lowest BCUT2D eigenvalue weighted by Crippen LogP contribution is -2.49. The molecule has 2 aromatic carbocycles. The highest BCUT2D eigenvalue weighted by molar-refractivity contribution is 7.92. The Morgan fingerprint density at radius 1 is 1.00 bits per heavy atom. The molecule has 0 spiro atoms. The lowest BCUT2D eigenvalue weighted by atomic mass is 10.1. The van der Waals surface area contributed by atoms with Gasteiger partial charge < -0.3 is 10.2 Å². The topological polar surface area (TPSA) is 86.8 Å². The Morgan fingerprint density at radius 3 is 2.27 bits per heavy atom. The fraction of sp³-hybridized carbons (Fsp3) is 0.517. The molecular formula is C29H43N3O4S. The SMILES string of the molecule is CC[C@@H](C(=O)NCC(C)C)N(Cc1cccc(C)c1)C(=O)CCCN(c1cc(C)ccc1C)S(C)(=O)=O. The van der Waals surface area contributed by atoms with E-state index in [1.54, 1.807) is 4.90 Å². The van der Waals surface area contributed by atoms with Gasteiger partial charge in [0.25, 0.3) is 0 Å². The normalized spacial score (nSPS) is 12.3. The van der Waals surface area contributed by atoms with Crippen LogP contribution in [0.1, 0.15) is 62.3 Å². The monoisotopic (exact) mass is 529 g/mol. The molecular weight excluding hydrogens is 486 g/mol. The predicted molar refractivity (Wildman–Crippen MR) is 151 cm³/mol. The molecule has 0 saturated heterocycles. The van der Waals surface area contributed by atoms with E-state index in [1.807, 2.05) is 84.0 Å². The maximum Gasteiger partial charge on any atom is 0.242 e. The summed E-state index contributed by atoms with van der Waals surface area (Å²) in [4.78, 5) is 28.2. The first-order chi connectivity index (χ1) is 17.3. The Hall–Kier alpha value is -2.87. The Labute approximate surface area is 223 Å². The van der Waals surface area contributed by atoms with Gasteiger partial charge in [0.1, 0.15) is 6.04 Å². The van der Waals surface area contributed by atoms with Gasteiger partial charge in [-0.15, -0.1) is 0 Å². The summed E-state index contributed by atoms with van der Waals surface area (Å²) < 4.78 is 26.6. The molecule has 1 N–H and O–H groups in total. The second-order valence-corrected chi connectivity index (χ2v) is 12.2. The molecule has 0 fully saturated rings. The lowest BCUT2D eigenvalue weighted by Gasteiger charge is -2.31. The number of hydrogen-bond acceptors (Lipinski definition) is 4. The summed E-state index contributed by atoms with van der Waals surface area (Å²) in [5.74, 6) is -0.0257. The van der Waals surface area contributed by atoms with E-state index in [0.29, 0.717) is 37.5 Å². The van der Waals surface area contributed by atoms with Crippen LogP contribution in [-0.4, -0.2) is 50.5 Å². The van der Waals surface area contributed by atoms with E-state index in [9.17, 15) is 18.0 Å². The largest absolute Gasteiger partial charge is 0.354 e. The molecule has 0 heterocycles. The third kappa shape index (κ3) is 9.18. The van der Waals surface area contributed by atoms with Crippen molar-refractivity contribution in [1.82, 2.24) is 10.2 Å². The molecule has 0 unspecified atom stereocenters.